The van der Waals surface area contributed by atoms with E-state index in [1.807, 2.05) is 12.1 Å². The van der Waals surface area contributed by atoms with E-state index in [0.29, 0.717) is 24.3 Å². The van der Waals surface area contributed by atoms with Crippen LogP contribution < -0.4 is 10.1 Å². The summed E-state index contributed by atoms with van der Waals surface area (Å²) >= 11 is 0. The van der Waals surface area contributed by atoms with Crippen LogP contribution in [0.4, 0.5) is 5.69 Å². The number of carbonyl (C=O) groups excluding carboxylic acids is 2. The van der Waals surface area contributed by atoms with E-state index in [1.165, 1.54) is 0 Å². The number of fused-ring (bicyclic) bond motifs is 1. The van der Waals surface area contributed by atoms with Crippen LogP contribution in [0.5, 0.6) is 5.75 Å². The Labute approximate surface area is 111 Å². The number of carbonyl (C=O) groups is 2. The predicted octanol–water partition coefficient (Wildman–Crippen LogP) is 1.76. The highest BCUT2D eigenvalue weighted by molar-refractivity contribution is 6.05. The Bertz CT molecular complexity index is 498. The third-order valence-electron chi connectivity index (χ3n) is 3.16. The standard InChI is InChI=1S/C14H17NO4/c1-3-19-14(17)11-7-5-9-4-6-10(18-2)8-12(9)15-13(11)16/h4,6,8,11H,3,5,7H2,1-2H3,(H,15,16). The number of nitrogens with one attached hydrogen (secondary N) is 1. The van der Waals surface area contributed by atoms with Crippen molar-refractivity contribution in [3.63, 3.8) is 0 Å². The van der Waals surface area contributed by atoms with Crippen molar-refractivity contribution < 1.29 is 19.1 Å². The molecular weight excluding hydrogens is 246 g/mol. The lowest BCUT2D eigenvalue weighted by atomic mass is 10.0. The molecule has 0 radical (unpaired) electrons. The van der Waals surface area contributed by atoms with E-state index < -0.39 is 11.9 Å². The smallest absolute Gasteiger partial charge is 0.318 e. The fourth-order valence-corrected chi connectivity index (χ4v) is 2.14. The molecule has 1 N–H and O–H groups in total. The topological polar surface area (TPSA) is 64.6 Å². The van der Waals surface area contributed by atoms with E-state index in [4.69, 9.17) is 9.47 Å². The molecule has 1 unspecified atom stereocenters. The fourth-order valence-electron chi connectivity index (χ4n) is 2.14. The first-order valence-corrected chi connectivity index (χ1v) is 6.30. The molecule has 0 aliphatic carbocycles. The summed E-state index contributed by atoms with van der Waals surface area (Å²) in [6, 6.07) is 5.51. The number of anilines is 1. The SMILES string of the molecule is CCOC(=O)C1CCc2ccc(OC)cc2NC1=O. The molecule has 1 aromatic rings. The number of methoxy groups -OCH3 is 1. The summed E-state index contributed by atoms with van der Waals surface area (Å²) in [5.74, 6) is -0.836. The molecule has 5 nitrogen and oxygen atoms in total. The Morgan fingerprint density at radius 1 is 1.47 bits per heavy atom. The van der Waals surface area contributed by atoms with Gasteiger partial charge in [-0.2, -0.15) is 0 Å². The first-order valence-electron chi connectivity index (χ1n) is 6.30. The van der Waals surface area contributed by atoms with Gasteiger partial charge in [0.1, 0.15) is 11.7 Å². The van der Waals surface area contributed by atoms with Gasteiger partial charge in [-0.3, -0.25) is 9.59 Å². The van der Waals surface area contributed by atoms with Crippen molar-refractivity contribution in [3.8, 4) is 5.75 Å². The van der Waals surface area contributed by atoms with Crippen molar-refractivity contribution in [1.82, 2.24) is 0 Å². The minimum absolute atomic E-state index is 0.281. The maximum atomic E-state index is 12.0. The maximum Gasteiger partial charge on any atom is 0.318 e. The Morgan fingerprint density at radius 3 is 2.95 bits per heavy atom. The monoisotopic (exact) mass is 263 g/mol. The second-order valence-electron chi connectivity index (χ2n) is 4.36. The van der Waals surface area contributed by atoms with Crippen LogP contribution in [0.15, 0.2) is 18.2 Å². The van der Waals surface area contributed by atoms with Gasteiger partial charge in [-0.1, -0.05) is 6.07 Å². The molecule has 1 atom stereocenters. The molecule has 1 aromatic carbocycles. The first kappa shape index (κ1) is 13.4. The van der Waals surface area contributed by atoms with Gasteiger partial charge < -0.3 is 14.8 Å². The molecule has 1 amide bonds. The molecule has 0 spiro atoms. The molecule has 1 aliphatic rings. The zero-order valence-electron chi connectivity index (χ0n) is 11.1. The molecular formula is C14H17NO4. The quantitative estimate of drug-likeness (QED) is 0.666. The highest BCUT2D eigenvalue weighted by atomic mass is 16.5. The molecule has 0 bridgehead atoms. The molecule has 1 aliphatic heterocycles. The minimum atomic E-state index is -0.738. The molecule has 19 heavy (non-hydrogen) atoms. The summed E-state index contributed by atoms with van der Waals surface area (Å²) in [5.41, 5.74) is 1.71. The Kier molecular flexibility index (Phi) is 4.04. The average molecular weight is 263 g/mol. The van der Waals surface area contributed by atoms with Crippen LogP contribution >= 0.6 is 0 Å². The van der Waals surface area contributed by atoms with E-state index >= 15 is 0 Å². The van der Waals surface area contributed by atoms with E-state index in [2.05, 4.69) is 5.32 Å². The summed E-state index contributed by atoms with van der Waals surface area (Å²) in [5, 5.41) is 2.77. The number of hydrogen-bond acceptors (Lipinski definition) is 4. The molecule has 102 valence electrons. The van der Waals surface area contributed by atoms with Gasteiger partial charge in [0.15, 0.2) is 0 Å². The Morgan fingerprint density at radius 2 is 2.26 bits per heavy atom. The van der Waals surface area contributed by atoms with Gasteiger partial charge in [-0.25, -0.2) is 0 Å². The van der Waals surface area contributed by atoms with Gasteiger partial charge >= 0.3 is 5.97 Å². The van der Waals surface area contributed by atoms with Crippen molar-refractivity contribution in [2.75, 3.05) is 19.0 Å². The molecule has 0 saturated heterocycles. The second kappa shape index (κ2) is 5.73. The van der Waals surface area contributed by atoms with E-state index in [9.17, 15) is 9.59 Å². The highest BCUT2D eigenvalue weighted by Gasteiger charge is 2.30. The summed E-state index contributed by atoms with van der Waals surface area (Å²) in [7, 11) is 1.57. The number of rotatable bonds is 3. The van der Waals surface area contributed by atoms with Crippen molar-refractivity contribution in [1.29, 1.82) is 0 Å². The second-order valence-corrected chi connectivity index (χ2v) is 4.36. The number of benzene rings is 1. The number of amides is 1. The van der Waals surface area contributed by atoms with E-state index in [0.717, 1.165) is 5.56 Å². The summed E-state index contributed by atoms with van der Waals surface area (Å²) < 4.78 is 10.1. The van der Waals surface area contributed by atoms with E-state index in [-0.39, 0.29) is 12.5 Å². The van der Waals surface area contributed by atoms with Crippen LogP contribution in [-0.2, 0) is 20.7 Å². The summed E-state index contributed by atoms with van der Waals surface area (Å²) in [6.45, 7) is 2.01. The van der Waals surface area contributed by atoms with Crippen LogP contribution in [0.3, 0.4) is 0 Å². The number of hydrogen-bond donors (Lipinski definition) is 1. The first-order chi connectivity index (χ1) is 9.15. The third-order valence-corrected chi connectivity index (χ3v) is 3.16. The number of esters is 1. The predicted molar refractivity (Wildman–Crippen MR) is 70.1 cm³/mol. The number of ether oxygens (including phenoxy) is 2. The molecule has 5 heteroatoms. The third kappa shape index (κ3) is 2.86. The fraction of sp³-hybridized carbons (Fsp3) is 0.429. The van der Waals surface area contributed by atoms with Gasteiger partial charge in [0, 0.05) is 11.8 Å². The van der Waals surface area contributed by atoms with Crippen LogP contribution in [-0.4, -0.2) is 25.6 Å². The highest BCUT2D eigenvalue weighted by Crippen LogP contribution is 2.28. The van der Waals surface area contributed by atoms with Gasteiger partial charge in [-0.15, -0.1) is 0 Å². The van der Waals surface area contributed by atoms with E-state index in [1.54, 1.807) is 20.1 Å². The summed E-state index contributed by atoms with van der Waals surface area (Å²) in [6.07, 6.45) is 1.12. The lowest BCUT2D eigenvalue weighted by Gasteiger charge is -2.11. The summed E-state index contributed by atoms with van der Waals surface area (Å²) in [4.78, 5) is 23.8. The Hall–Kier alpha value is -2.04. The zero-order chi connectivity index (χ0) is 13.8. The molecule has 0 aromatic heterocycles. The van der Waals surface area contributed by atoms with Crippen LogP contribution in [0.25, 0.3) is 0 Å². The van der Waals surface area contributed by atoms with Gasteiger partial charge in [0.25, 0.3) is 0 Å². The molecule has 0 fully saturated rings. The van der Waals surface area contributed by atoms with Gasteiger partial charge in [0.05, 0.1) is 13.7 Å². The van der Waals surface area contributed by atoms with Gasteiger partial charge in [0.2, 0.25) is 5.91 Å². The zero-order valence-corrected chi connectivity index (χ0v) is 11.1. The minimum Gasteiger partial charge on any atom is -0.497 e. The van der Waals surface area contributed by atoms with Crippen molar-refractivity contribution in [2.45, 2.75) is 19.8 Å². The lowest BCUT2D eigenvalue weighted by Crippen LogP contribution is -2.30. The van der Waals surface area contributed by atoms with Crippen molar-refractivity contribution >= 4 is 17.6 Å². The Balaban J connectivity index is 2.21. The molecule has 1 heterocycles. The average Bonchev–Trinajstić information content (AvgIpc) is 2.56. The largest absolute Gasteiger partial charge is 0.497 e. The van der Waals surface area contributed by atoms with Crippen LogP contribution in [0.2, 0.25) is 0 Å². The normalized spacial score (nSPS) is 18.0. The van der Waals surface area contributed by atoms with Crippen LogP contribution in [0.1, 0.15) is 18.9 Å². The van der Waals surface area contributed by atoms with Crippen molar-refractivity contribution in [3.05, 3.63) is 23.8 Å². The maximum absolute atomic E-state index is 12.0. The lowest BCUT2D eigenvalue weighted by molar-refractivity contribution is -0.151. The van der Waals surface area contributed by atoms with Gasteiger partial charge in [-0.05, 0) is 31.4 Å². The molecule has 0 saturated carbocycles. The molecule has 2 rings (SSSR count). The van der Waals surface area contributed by atoms with Crippen molar-refractivity contribution in [2.24, 2.45) is 5.92 Å². The van der Waals surface area contributed by atoms with Crippen LogP contribution in [0, 0.1) is 5.92 Å². The number of aryl methyl sites for hydroxylation is 1.